The third kappa shape index (κ3) is 3.44. The molecule has 1 N–H and O–H groups in total. The first-order valence-corrected chi connectivity index (χ1v) is 5.24. The lowest BCUT2D eigenvalue weighted by Crippen LogP contribution is -2.42. The molecule has 0 aromatic carbocycles. The Morgan fingerprint density at radius 2 is 2.57 bits per heavy atom. The van der Waals surface area contributed by atoms with Gasteiger partial charge in [-0.1, -0.05) is 0 Å². The highest BCUT2D eigenvalue weighted by molar-refractivity contribution is 6.18. The predicted octanol–water partition coefficient (Wildman–Crippen LogP) is 0.393. The third-order valence-electron chi connectivity index (χ3n) is 2.20. The van der Waals surface area contributed by atoms with Crippen molar-refractivity contribution < 1.29 is 14.3 Å². The van der Waals surface area contributed by atoms with E-state index in [2.05, 4.69) is 5.32 Å². The topological polar surface area (TPSA) is 47.6 Å². The van der Waals surface area contributed by atoms with Crippen molar-refractivity contribution in [3.05, 3.63) is 0 Å². The molecule has 0 aromatic heterocycles. The molecule has 0 spiro atoms. The number of alkyl halides is 1. The molecule has 0 bridgehead atoms. The highest BCUT2D eigenvalue weighted by Crippen LogP contribution is 2.12. The van der Waals surface area contributed by atoms with Gasteiger partial charge in [-0.3, -0.25) is 4.79 Å². The van der Waals surface area contributed by atoms with Crippen molar-refractivity contribution in [3.8, 4) is 0 Å². The average Bonchev–Trinajstić information content (AvgIpc) is 2.69. The molecule has 2 unspecified atom stereocenters. The predicted molar refractivity (Wildman–Crippen MR) is 53.5 cm³/mol. The minimum absolute atomic E-state index is 0.0161. The van der Waals surface area contributed by atoms with Gasteiger partial charge in [-0.15, -0.1) is 11.6 Å². The maximum absolute atomic E-state index is 11.6. The van der Waals surface area contributed by atoms with E-state index in [4.69, 9.17) is 21.1 Å². The standard InChI is InChI=1S/C9H16ClNO3/c1-13-6-8(4-10)11-9(12)7-2-3-14-5-7/h7-8H,2-6H2,1H3,(H,11,12). The summed E-state index contributed by atoms with van der Waals surface area (Å²) in [4.78, 5) is 11.6. The number of methoxy groups -OCH3 is 1. The molecule has 82 valence electrons. The Hall–Kier alpha value is -0.320. The SMILES string of the molecule is COCC(CCl)NC(=O)C1CCOC1. The first-order chi connectivity index (χ1) is 6.77. The number of ether oxygens (including phenoxy) is 2. The van der Waals surface area contributed by atoms with E-state index < -0.39 is 0 Å². The number of halogens is 1. The second kappa shape index (κ2) is 6.22. The van der Waals surface area contributed by atoms with Gasteiger partial charge in [0, 0.05) is 19.6 Å². The van der Waals surface area contributed by atoms with Crippen LogP contribution in [-0.2, 0) is 14.3 Å². The van der Waals surface area contributed by atoms with Gasteiger partial charge < -0.3 is 14.8 Å². The van der Waals surface area contributed by atoms with Gasteiger partial charge in [-0.2, -0.15) is 0 Å². The monoisotopic (exact) mass is 221 g/mol. The Kier molecular flexibility index (Phi) is 5.22. The second-order valence-electron chi connectivity index (χ2n) is 3.38. The Bertz CT molecular complexity index is 183. The van der Waals surface area contributed by atoms with Crippen LogP contribution in [0.25, 0.3) is 0 Å². The van der Waals surface area contributed by atoms with Gasteiger partial charge in [0.1, 0.15) is 0 Å². The van der Waals surface area contributed by atoms with Crippen molar-refractivity contribution in [1.82, 2.24) is 5.32 Å². The van der Waals surface area contributed by atoms with Crippen molar-refractivity contribution >= 4 is 17.5 Å². The zero-order chi connectivity index (χ0) is 10.4. The summed E-state index contributed by atoms with van der Waals surface area (Å²) in [5.41, 5.74) is 0. The van der Waals surface area contributed by atoms with Crippen LogP contribution in [0.2, 0.25) is 0 Å². The van der Waals surface area contributed by atoms with Crippen LogP contribution in [0.1, 0.15) is 6.42 Å². The minimum Gasteiger partial charge on any atom is -0.383 e. The molecule has 1 amide bonds. The van der Waals surface area contributed by atoms with Gasteiger partial charge in [0.2, 0.25) is 5.91 Å². The quantitative estimate of drug-likeness (QED) is 0.684. The molecule has 1 heterocycles. The Morgan fingerprint density at radius 3 is 3.07 bits per heavy atom. The lowest BCUT2D eigenvalue weighted by Gasteiger charge is -2.17. The molecule has 14 heavy (non-hydrogen) atoms. The summed E-state index contributed by atoms with van der Waals surface area (Å²) in [7, 11) is 1.59. The molecule has 1 aliphatic heterocycles. The normalized spacial score (nSPS) is 23.4. The molecule has 0 saturated carbocycles. The molecule has 1 saturated heterocycles. The molecule has 0 aromatic rings. The smallest absolute Gasteiger partial charge is 0.225 e. The Balaban J connectivity index is 2.29. The van der Waals surface area contributed by atoms with Crippen LogP contribution in [0.3, 0.4) is 0 Å². The van der Waals surface area contributed by atoms with Gasteiger partial charge in [-0.05, 0) is 6.42 Å². The number of hydrogen-bond acceptors (Lipinski definition) is 3. The van der Waals surface area contributed by atoms with E-state index in [0.717, 1.165) is 6.42 Å². The average molecular weight is 222 g/mol. The number of rotatable bonds is 5. The lowest BCUT2D eigenvalue weighted by atomic mass is 10.1. The Morgan fingerprint density at radius 1 is 1.79 bits per heavy atom. The van der Waals surface area contributed by atoms with Crippen LogP contribution in [0.4, 0.5) is 0 Å². The zero-order valence-corrected chi connectivity index (χ0v) is 9.05. The molecule has 1 aliphatic rings. The highest BCUT2D eigenvalue weighted by Gasteiger charge is 2.25. The van der Waals surface area contributed by atoms with Crippen LogP contribution in [0.15, 0.2) is 0 Å². The first-order valence-electron chi connectivity index (χ1n) is 4.71. The van der Waals surface area contributed by atoms with Gasteiger partial charge in [0.15, 0.2) is 0 Å². The van der Waals surface area contributed by atoms with Gasteiger partial charge in [0.05, 0.1) is 25.2 Å². The summed E-state index contributed by atoms with van der Waals surface area (Å²) < 4.78 is 10.1. The van der Waals surface area contributed by atoms with Crippen LogP contribution in [0, 0.1) is 5.92 Å². The van der Waals surface area contributed by atoms with E-state index in [0.29, 0.717) is 25.7 Å². The van der Waals surface area contributed by atoms with Crippen molar-refractivity contribution in [2.75, 3.05) is 32.8 Å². The Labute approximate surface area is 88.9 Å². The van der Waals surface area contributed by atoms with E-state index in [1.165, 1.54) is 0 Å². The summed E-state index contributed by atoms with van der Waals surface area (Å²) in [6, 6.07) is -0.102. The van der Waals surface area contributed by atoms with Crippen LogP contribution in [-0.4, -0.2) is 44.8 Å². The van der Waals surface area contributed by atoms with Crippen LogP contribution >= 0.6 is 11.6 Å². The van der Waals surface area contributed by atoms with E-state index in [1.54, 1.807) is 7.11 Å². The third-order valence-corrected chi connectivity index (χ3v) is 2.57. The van der Waals surface area contributed by atoms with E-state index in [9.17, 15) is 4.79 Å². The molecule has 2 atom stereocenters. The summed E-state index contributed by atoms with van der Waals surface area (Å²) in [6.45, 7) is 1.64. The van der Waals surface area contributed by atoms with Gasteiger partial charge in [0.25, 0.3) is 0 Å². The maximum Gasteiger partial charge on any atom is 0.225 e. The van der Waals surface area contributed by atoms with E-state index >= 15 is 0 Å². The number of hydrogen-bond donors (Lipinski definition) is 1. The fourth-order valence-corrected chi connectivity index (χ4v) is 1.55. The number of amides is 1. The fourth-order valence-electron chi connectivity index (χ4n) is 1.39. The van der Waals surface area contributed by atoms with Crippen molar-refractivity contribution in [3.63, 3.8) is 0 Å². The molecule has 0 aliphatic carbocycles. The zero-order valence-electron chi connectivity index (χ0n) is 8.29. The highest BCUT2D eigenvalue weighted by atomic mass is 35.5. The number of carbonyl (C=O) groups excluding carboxylic acids is 1. The van der Waals surface area contributed by atoms with Gasteiger partial charge in [-0.25, -0.2) is 0 Å². The molecule has 4 nitrogen and oxygen atoms in total. The van der Waals surface area contributed by atoms with E-state index in [1.807, 2.05) is 0 Å². The first kappa shape index (κ1) is 11.8. The van der Waals surface area contributed by atoms with E-state index in [-0.39, 0.29) is 17.9 Å². The molecule has 5 heteroatoms. The number of carbonyl (C=O) groups is 1. The fraction of sp³-hybridized carbons (Fsp3) is 0.889. The summed E-state index contributed by atoms with van der Waals surface area (Å²) in [6.07, 6.45) is 0.799. The van der Waals surface area contributed by atoms with Crippen molar-refractivity contribution in [2.45, 2.75) is 12.5 Å². The molecular formula is C9H16ClNO3. The number of nitrogens with one attached hydrogen (secondary N) is 1. The van der Waals surface area contributed by atoms with Gasteiger partial charge >= 0.3 is 0 Å². The largest absolute Gasteiger partial charge is 0.383 e. The lowest BCUT2D eigenvalue weighted by molar-refractivity contribution is -0.125. The van der Waals surface area contributed by atoms with Crippen molar-refractivity contribution in [2.24, 2.45) is 5.92 Å². The minimum atomic E-state index is -0.102. The molecule has 1 rings (SSSR count). The maximum atomic E-state index is 11.6. The van der Waals surface area contributed by atoms with Crippen molar-refractivity contribution in [1.29, 1.82) is 0 Å². The van der Waals surface area contributed by atoms with Crippen LogP contribution < -0.4 is 5.32 Å². The summed E-state index contributed by atoms with van der Waals surface area (Å²) in [5.74, 6) is 0.371. The van der Waals surface area contributed by atoms with Crippen LogP contribution in [0.5, 0.6) is 0 Å². The molecule has 1 fully saturated rings. The summed E-state index contributed by atoms with van der Waals surface area (Å²) in [5, 5.41) is 2.83. The molecular weight excluding hydrogens is 206 g/mol. The second-order valence-corrected chi connectivity index (χ2v) is 3.68. The summed E-state index contributed by atoms with van der Waals surface area (Å²) >= 11 is 5.67. The molecule has 0 radical (unpaired) electrons.